The number of benzene rings is 2. The second kappa shape index (κ2) is 9.72. The lowest BCUT2D eigenvalue weighted by atomic mass is 10.2. The zero-order valence-corrected chi connectivity index (χ0v) is 18.3. The molecular formula is C22H21ClN4O3S. The molecule has 0 bridgehead atoms. The van der Waals surface area contributed by atoms with Gasteiger partial charge in [-0.2, -0.15) is 0 Å². The lowest BCUT2D eigenvalue weighted by Crippen LogP contribution is -2.53. The summed E-state index contributed by atoms with van der Waals surface area (Å²) in [5.74, 6) is -0.491. The topological polar surface area (TPSA) is 92.2 Å². The summed E-state index contributed by atoms with van der Waals surface area (Å²) in [5.41, 5.74) is 1.54. The van der Waals surface area contributed by atoms with E-state index >= 15 is 0 Å². The molecule has 0 aliphatic carbocycles. The maximum Gasteiger partial charge on any atom is 0.320 e. The predicted molar refractivity (Wildman–Crippen MR) is 126 cm³/mol. The molecule has 3 amide bonds. The van der Waals surface area contributed by atoms with Gasteiger partial charge in [0.2, 0.25) is 0 Å². The van der Waals surface area contributed by atoms with Gasteiger partial charge in [0.25, 0.3) is 11.5 Å². The van der Waals surface area contributed by atoms with Crippen LogP contribution in [0.2, 0.25) is 5.02 Å². The van der Waals surface area contributed by atoms with Gasteiger partial charge in [0.05, 0.1) is 0 Å². The van der Waals surface area contributed by atoms with Crippen molar-refractivity contribution in [1.82, 2.24) is 9.88 Å². The number of hydrogen-bond acceptors (Lipinski definition) is 4. The van der Waals surface area contributed by atoms with Crippen molar-refractivity contribution in [3.63, 3.8) is 0 Å². The molecule has 0 radical (unpaired) electrons. The Morgan fingerprint density at radius 3 is 2.19 bits per heavy atom. The number of halogens is 1. The van der Waals surface area contributed by atoms with Crippen LogP contribution in [-0.2, 0) is 4.79 Å². The minimum atomic E-state index is -1.44. The molecule has 1 aromatic heterocycles. The minimum absolute atomic E-state index is 0.157. The second-order valence-electron chi connectivity index (χ2n) is 6.71. The van der Waals surface area contributed by atoms with E-state index in [1.165, 1.54) is 10.6 Å². The summed E-state index contributed by atoms with van der Waals surface area (Å²) in [7, 11) is 0. The van der Waals surface area contributed by atoms with Crippen LogP contribution in [0.4, 0.5) is 16.2 Å². The van der Waals surface area contributed by atoms with E-state index < -0.39 is 16.8 Å². The Hall–Kier alpha value is -3.23. The third-order valence-corrected chi connectivity index (χ3v) is 5.42. The van der Waals surface area contributed by atoms with Gasteiger partial charge < -0.3 is 16.0 Å². The van der Waals surface area contributed by atoms with Crippen molar-refractivity contribution in [3.05, 3.63) is 88.3 Å². The van der Waals surface area contributed by atoms with E-state index in [1.807, 2.05) is 0 Å². The van der Waals surface area contributed by atoms with Crippen LogP contribution < -0.4 is 21.5 Å². The normalized spacial score (nSPS) is 12.5. The number of rotatable bonds is 6. The molecule has 3 rings (SSSR count). The van der Waals surface area contributed by atoms with Crippen LogP contribution in [0.15, 0.2) is 77.7 Å². The smallest absolute Gasteiger partial charge is 0.320 e. The number of hydrogen-bond donors (Lipinski definition) is 4. The summed E-state index contributed by atoms with van der Waals surface area (Å²) in [6.07, 6.45) is 1.91. The lowest BCUT2D eigenvalue weighted by Gasteiger charge is -2.27. The summed E-state index contributed by atoms with van der Waals surface area (Å²) in [6.45, 7) is 1.74. The van der Waals surface area contributed by atoms with Crippen LogP contribution in [0, 0.1) is 0 Å². The van der Waals surface area contributed by atoms with Crippen molar-refractivity contribution in [3.8, 4) is 5.69 Å². The molecule has 2 aromatic carbocycles. The largest absolute Gasteiger partial charge is 0.323 e. The number of pyridine rings is 1. The Bertz CT molecular complexity index is 1130. The highest BCUT2D eigenvalue weighted by Gasteiger charge is 2.34. The molecular weight excluding hydrogens is 436 g/mol. The van der Waals surface area contributed by atoms with Crippen molar-refractivity contribution in [2.75, 3.05) is 10.6 Å². The van der Waals surface area contributed by atoms with E-state index in [4.69, 9.17) is 11.6 Å². The predicted octanol–water partition coefficient (Wildman–Crippen LogP) is 4.29. The van der Waals surface area contributed by atoms with Crippen LogP contribution in [0.5, 0.6) is 0 Å². The fourth-order valence-corrected chi connectivity index (χ4v) is 3.05. The fourth-order valence-electron chi connectivity index (χ4n) is 2.77. The number of aromatic nitrogens is 1. The quantitative estimate of drug-likeness (QED) is 0.329. The van der Waals surface area contributed by atoms with Crippen LogP contribution in [0.3, 0.4) is 0 Å². The molecule has 0 spiro atoms. The molecule has 7 nitrogen and oxygen atoms in total. The van der Waals surface area contributed by atoms with Crippen molar-refractivity contribution < 1.29 is 9.59 Å². The molecule has 9 heteroatoms. The third-order valence-electron chi connectivity index (χ3n) is 4.54. The van der Waals surface area contributed by atoms with Crippen LogP contribution >= 0.6 is 24.2 Å². The Labute approximate surface area is 189 Å². The first-order valence-electron chi connectivity index (χ1n) is 9.47. The average Bonchev–Trinajstić information content (AvgIpc) is 2.76. The Balaban J connectivity index is 1.66. The number of nitrogens with one attached hydrogen (secondary N) is 3. The summed E-state index contributed by atoms with van der Waals surface area (Å²) >= 11 is 10.2. The highest BCUT2D eigenvalue weighted by atomic mass is 35.5. The number of thiol groups is 1. The first kappa shape index (κ1) is 22.5. The molecule has 1 atom stereocenters. The van der Waals surface area contributed by atoms with Gasteiger partial charge in [-0.15, -0.1) is 12.6 Å². The van der Waals surface area contributed by atoms with E-state index in [0.717, 1.165) is 0 Å². The summed E-state index contributed by atoms with van der Waals surface area (Å²) in [6, 6.07) is 17.7. The Kier molecular flexibility index (Phi) is 7.04. The molecule has 31 heavy (non-hydrogen) atoms. The Morgan fingerprint density at radius 1 is 0.968 bits per heavy atom. The first-order valence-corrected chi connectivity index (χ1v) is 10.3. The molecule has 3 N–H and O–H groups in total. The summed E-state index contributed by atoms with van der Waals surface area (Å²) < 4.78 is 1.49. The highest BCUT2D eigenvalue weighted by molar-refractivity contribution is 7.82. The zero-order valence-electron chi connectivity index (χ0n) is 16.6. The van der Waals surface area contributed by atoms with Gasteiger partial charge in [-0.05, 0) is 61.0 Å². The van der Waals surface area contributed by atoms with Gasteiger partial charge in [0.1, 0.15) is 0 Å². The van der Waals surface area contributed by atoms with E-state index in [9.17, 15) is 14.4 Å². The Morgan fingerprint density at radius 2 is 1.58 bits per heavy atom. The van der Waals surface area contributed by atoms with Crippen molar-refractivity contribution in [1.29, 1.82) is 0 Å². The third kappa shape index (κ3) is 5.68. The number of anilines is 2. The summed E-state index contributed by atoms with van der Waals surface area (Å²) in [4.78, 5) is 35.6. The van der Waals surface area contributed by atoms with E-state index in [-0.39, 0.29) is 12.0 Å². The molecule has 0 saturated heterocycles. The summed E-state index contributed by atoms with van der Waals surface area (Å²) in [5, 5.41) is 8.52. The van der Waals surface area contributed by atoms with E-state index in [2.05, 4.69) is 28.6 Å². The highest BCUT2D eigenvalue weighted by Crippen LogP contribution is 2.21. The molecule has 1 heterocycles. The monoisotopic (exact) mass is 456 g/mol. The van der Waals surface area contributed by atoms with Crippen LogP contribution in [0.1, 0.15) is 13.3 Å². The van der Waals surface area contributed by atoms with Crippen LogP contribution in [-0.4, -0.2) is 21.4 Å². The number of urea groups is 1. The molecule has 0 unspecified atom stereocenters. The molecule has 0 aliphatic heterocycles. The molecule has 160 valence electrons. The van der Waals surface area contributed by atoms with Crippen molar-refractivity contribution >= 4 is 47.5 Å². The van der Waals surface area contributed by atoms with Gasteiger partial charge in [0, 0.05) is 34.3 Å². The minimum Gasteiger partial charge on any atom is -0.323 e. The second-order valence-corrected chi connectivity index (χ2v) is 7.91. The fraction of sp³-hybridized carbons (Fsp3) is 0.136. The number of carbonyl (C=O) groups excluding carboxylic acids is 2. The van der Waals surface area contributed by atoms with Crippen molar-refractivity contribution in [2.24, 2.45) is 0 Å². The molecule has 0 fully saturated rings. The van der Waals surface area contributed by atoms with Gasteiger partial charge in [0.15, 0.2) is 4.87 Å². The van der Waals surface area contributed by atoms with E-state index in [0.29, 0.717) is 22.1 Å². The molecule has 0 aliphatic rings. The number of carbonyl (C=O) groups is 2. The van der Waals surface area contributed by atoms with Crippen molar-refractivity contribution in [2.45, 2.75) is 18.2 Å². The van der Waals surface area contributed by atoms with Crippen LogP contribution in [0.25, 0.3) is 5.69 Å². The number of amides is 3. The maximum absolute atomic E-state index is 12.8. The number of nitrogens with zero attached hydrogens (tertiary/aromatic N) is 1. The zero-order chi connectivity index (χ0) is 22.4. The van der Waals surface area contributed by atoms with E-state index in [1.54, 1.807) is 73.8 Å². The SMILES string of the molecule is CC[C@](S)(NC(=O)Nc1ccc(Cl)cc1)C(=O)Nc1ccc(-n2ccccc2=O)cc1. The lowest BCUT2D eigenvalue weighted by molar-refractivity contribution is -0.119. The van der Waals surface area contributed by atoms with Gasteiger partial charge >= 0.3 is 6.03 Å². The maximum atomic E-state index is 12.8. The average molecular weight is 457 g/mol. The van der Waals surface area contributed by atoms with Gasteiger partial charge in [-0.25, -0.2) is 4.79 Å². The molecule has 3 aromatic rings. The molecule has 0 saturated carbocycles. The standard InChI is InChI=1S/C22H21ClN4O3S/c1-2-22(31,26-21(30)25-17-8-6-15(23)7-9-17)20(29)24-16-10-12-18(13-11-16)27-14-4-3-5-19(27)28/h3-14,31H,2H2,1H3,(H,24,29)(H2,25,26,30)/t22-/m1/s1. The first-order chi connectivity index (χ1) is 14.8. The van der Waals surface area contributed by atoms with Gasteiger partial charge in [-0.1, -0.05) is 24.6 Å². The van der Waals surface area contributed by atoms with Gasteiger partial charge in [-0.3, -0.25) is 14.2 Å².